The van der Waals surface area contributed by atoms with Crippen molar-refractivity contribution in [1.29, 1.82) is 0 Å². The van der Waals surface area contributed by atoms with E-state index in [9.17, 15) is 0 Å². The van der Waals surface area contributed by atoms with Crippen molar-refractivity contribution in [2.45, 2.75) is 25.3 Å². The van der Waals surface area contributed by atoms with Crippen LogP contribution >= 0.6 is 15.9 Å². The van der Waals surface area contributed by atoms with Gasteiger partial charge in [-0.2, -0.15) is 0 Å². The Hall–Kier alpha value is -1.95. The maximum atomic E-state index is 4.50. The first kappa shape index (κ1) is 12.8. The van der Waals surface area contributed by atoms with E-state index < -0.39 is 0 Å². The average Bonchev–Trinajstić information content (AvgIpc) is 3.26. The largest absolute Gasteiger partial charge is 0.352 e. The van der Waals surface area contributed by atoms with E-state index in [1.807, 2.05) is 30.6 Å². The van der Waals surface area contributed by atoms with Crippen LogP contribution in [0.1, 0.15) is 30.1 Å². The number of fused-ring (bicyclic) bond motifs is 1. The highest BCUT2D eigenvalue weighted by Crippen LogP contribution is 2.37. The Labute approximate surface area is 130 Å². The predicted molar refractivity (Wildman–Crippen MR) is 85.1 cm³/mol. The minimum absolute atomic E-state index is 0.598. The molecule has 1 aliphatic rings. The molecule has 0 saturated heterocycles. The third-order valence-corrected chi connectivity index (χ3v) is 4.06. The fraction of sp³-hybridized carbons (Fsp3) is 0.267. The van der Waals surface area contributed by atoms with Crippen LogP contribution in [-0.4, -0.2) is 19.9 Å². The minimum Gasteiger partial charge on any atom is -0.352 e. The second-order valence-corrected chi connectivity index (χ2v) is 6.24. The molecule has 1 fully saturated rings. The van der Waals surface area contributed by atoms with Crippen molar-refractivity contribution in [2.24, 2.45) is 0 Å². The number of anilines is 1. The summed E-state index contributed by atoms with van der Waals surface area (Å²) in [5.74, 6) is 2.34. The normalized spacial score (nSPS) is 14.5. The number of hydrogen-bond donors (Lipinski definition) is 2. The molecule has 4 rings (SSSR count). The molecule has 0 unspecified atom stereocenters. The molecular weight excluding hydrogens is 330 g/mol. The van der Waals surface area contributed by atoms with Crippen molar-refractivity contribution in [1.82, 2.24) is 19.9 Å². The molecule has 21 heavy (non-hydrogen) atoms. The number of aromatic amines is 1. The van der Waals surface area contributed by atoms with Gasteiger partial charge in [0, 0.05) is 34.9 Å². The quantitative estimate of drug-likeness (QED) is 0.759. The molecule has 6 heteroatoms. The van der Waals surface area contributed by atoms with Crippen LogP contribution in [0.25, 0.3) is 11.0 Å². The first-order valence-electron chi connectivity index (χ1n) is 6.98. The molecule has 0 radical (unpaired) electrons. The highest BCUT2D eigenvalue weighted by Gasteiger charge is 2.25. The summed E-state index contributed by atoms with van der Waals surface area (Å²) in [6.07, 6.45) is 6.25. The molecule has 106 valence electrons. The number of nitrogens with zero attached hydrogens (tertiary/aromatic N) is 3. The van der Waals surface area contributed by atoms with Crippen molar-refractivity contribution in [3.8, 4) is 0 Å². The average molecular weight is 344 g/mol. The number of halogens is 1. The van der Waals surface area contributed by atoms with Gasteiger partial charge in [-0.3, -0.25) is 0 Å². The van der Waals surface area contributed by atoms with Crippen LogP contribution in [0.2, 0.25) is 0 Å². The van der Waals surface area contributed by atoms with Crippen molar-refractivity contribution in [2.75, 3.05) is 5.32 Å². The van der Waals surface area contributed by atoms with Gasteiger partial charge >= 0.3 is 0 Å². The number of rotatable bonds is 4. The van der Waals surface area contributed by atoms with E-state index >= 15 is 0 Å². The van der Waals surface area contributed by atoms with Crippen molar-refractivity contribution in [3.05, 3.63) is 46.5 Å². The second kappa shape index (κ2) is 5.11. The van der Waals surface area contributed by atoms with E-state index in [0.29, 0.717) is 12.5 Å². The summed E-state index contributed by atoms with van der Waals surface area (Å²) in [5, 5.41) is 3.27. The lowest BCUT2D eigenvalue weighted by atomic mass is 10.3. The van der Waals surface area contributed by atoms with Gasteiger partial charge in [0.25, 0.3) is 0 Å². The highest BCUT2D eigenvalue weighted by atomic mass is 79.9. The number of hydrogen-bond acceptors (Lipinski definition) is 4. The molecule has 0 aliphatic heterocycles. The molecule has 0 amide bonds. The van der Waals surface area contributed by atoms with Gasteiger partial charge < -0.3 is 10.3 Å². The topological polar surface area (TPSA) is 66.5 Å². The molecular formula is C15H14BrN5. The maximum Gasteiger partial charge on any atom is 0.201 e. The maximum absolute atomic E-state index is 4.50. The summed E-state index contributed by atoms with van der Waals surface area (Å²) in [7, 11) is 0. The van der Waals surface area contributed by atoms with Crippen LogP contribution < -0.4 is 5.32 Å². The van der Waals surface area contributed by atoms with Crippen molar-refractivity contribution in [3.63, 3.8) is 0 Å². The Morgan fingerprint density at radius 2 is 2.05 bits per heavy atom. The lowest BCUT2D eigenvalue weighted by molar-refractivity contribution is 0.903. The minimum atomic E-state index is 0.598. The highest BCUT2D eigenvalue weighted by molar-refractivity contribution is 9.10. The van der Waals surface area contributed by atoms with E-state index in [0.717, 1.165) is 32.8 Å². The van der Waals surface area contributed by atoms with Crippen molar-refractivity contribution >= 4 is 32.9 Å². The van der Waals surface area contributed by atoms with Crippen LogP contribution in [0.4, 0.5) is 5.95 Å². The number of imidazole rings is 1. The Kier molecular flexibility index (Phi) is 3.11. The standard InChI is InChI=1S/C15H14BrN5/c16-11-3-4-12-13(5-11)21-15(20-12)19-8-9-6-17-14(18-7-9)10-1-2-10/h3-7,10H,1-2,8H2,(H2,19,20,21). The zero-order chi connectivity index (χ0) is 14.2. The Balaban J connectivity index is 1.46. The second-order valence-electron chi connectivity index (χ2n) is 5.32. The number of nitrogens with one attached hydrogen (secondary N) is 2. The lowest BCUT2D eigenvalue weighted by Crippen LogP contribution is -2.03. The van der Waals surface area contributed by atoms with E-state index in [2.05, 4.69) is 41.2 Å². The summed E-state index contributed by atoms with van der Waals surface area (Å²) in [4.78, 5) is 16.6. The third kappa shape index (κ3) is 2.76. The van der Waals surface area contributed by atoms with Gasteiger partial charge in [0.1, 0.15) is 5.82 Å². The summed E-state index contributed by atoms with van der Waals surface area (Å²) in [6, 6.07) is 5.98. The molecule has 2 heterocycles. The van der Waals surface area contributed by atoms with E-state index in [4.69, 9.17) is 0 Å². The molecule has 1 aliphatic carbocycles. The Bertz CT molecular complexity index is 776. The summed E-state index contributed by atoms with van der Waals surface area (Å²) in [6.45, 7) is 0.659. The molecule has 5 nitrogen and oxygen atoms in total. The Morgan fingerprint density at radius 3 is 2.81 bits per heavy atom. The van der Waals surface area contributed by atoms with Gasteiger partial charge in [-0.05, 0) is 31.0 Å². The van der Waals surface area contributed by atoms with E-state index in [-0.39, 0.29) is 0 Å². The first-order chi connectivity index (χ1) is 10.3. The van der Waals surface area contributed by atoms with Crippen molar-refractivity contribution < 1.29 is 0 Å². The van der Waals surface area contributed by atoms with Gasteiger partial charge in [0.05, 0.1) is 11.0 Å². The molecule has 0 atom stereocenters. The van der Waals surface area contributed by atoms with Crippen LogP contribution in [0.3, 0.4) is 0 Å². The number of H-pyrrole nitrogens is 1. The van der Waals surface area contributed by atoms with Gasteiger partial charge in [0.2, 0.25) is 5.95 Å². The summed E-state index contributed by atoms with van der Waals surface area (Å²) >= 11 is 3.46. The number of aromatic nitrogens is 4. The molecule has 0 spiro atoms. The smallest absolute Gasteiger partial charge is 0.201 e. The van der Waals surface area contributed by atoms with Gasteiger partial charge in [-0.1, -0.05) is 15.9 Å². The molecule has 2 N–H and O–H groups in total. The van der Waals surface area contributed by atoms with Crippen LogP contribution in [0.15, 0.2) is 35.1 Å². The van der Waals surface area contributed by atoms with E-state index in [1.165, 1.54) is 12.8 Å². The third-order valence-electron chi connectivity index (χ3n) is 3.57. The fourth-order valence-electron chi connectivity index (χ4n) is 2.26. The molecule has 3 aromatic rings. The molecule has 1 saturated carbocycles. The summed E-state index contributed by atoms with van der Waals surface area (Å²) in [5.41, 5.74) is 3.01. The fourth-order valence-corrected chi connectivity index (χ4v) is 2.62. The Morgan fingerprint density at radius 1 is 1.24 bits per heavy atom. The predicted octanol–water partition coefficient (Wildman–Crippen LogP) is 3.60. The lowest BCUT2D eigenvalue weighted by Gasteiger charge is -2.03. The van der Waals surface area contributed by atoms with Gasteiger partial charge in [0.15, 0.2) is 0 Å². The van der Waals surface area contributed by atoms with Gasteiger partial charge in [-0.15, -0.1) is 0 Å². The molecule has 1 aromatic carbocycles. The van der Waals surface area contributed by atoms with Crippen LogP contribution in [0.5, 0.6) is 0 Å². The molecule has 2 aromatic heterocycles. The number of benzene rings is 1. The SMILES string of the molecule is Brc1ccc2nc(NCc3cnc(C4CC4)nc3)[nH]c2c1. The zero-order valence-electron chi connectivity index (χ0n) is 11.3. The first-order valence-corrected chi connectivity index (χ1v) is 7.77. The van der Waals surface area contributed by atoms with Gasteiger partial charge in [-0.25, -0.2) is 15.0 Å². The monoisotopic (exact) mass is 343 g/mol. The summed E-state index contributed by atoms with van der Waals surface area (Å²) < 4.78 is 1.04. The molecule has 0 bridgehead atoms. The zero-order valence-corrected chi connectivity index (χ0v) is 12.9. The van der Waals surface area contributed by atoms with Crippen LogP contribution in [-0.2, 0) is 6.54 Å². The van der Waals surface area contributed by atoms with Crippen LogP contribution in [0, 0.1) is 0 Å². The van der Waals surface area contributed by atoms with E-state index in [1.54, 1.807) is 0 Å².